The monoisotopic (exact) mass is 316 g/mol. The van der Waals surface area contributed by atoms with Crippen LogP contribution < -0.4 is 11.1 Å². The molecule has 4 heteroatoms. The van der Waals surface area contributed by atoms with Gasteiger partial charge in [-0.2, -0.15) is 11.8 Å². The average molecular weight is 317 g/mol. The number of nitrogens with one attached hydrogen (secondary N) is 1. The zero-order valence-electron chi connectivity index (χ0n) is 14.5. The number of carbonyl (C=O) groups is 1. The maximum Gasteiger partial charge on any atom is 0.220 e. The third kappa shape index (κ3) is 12.0. The molecule has 0 aromatic rings. The summed E-state index contributed by atoms with van der Waals surface area (Å²) in [5, 5.41) is 3.05. The summed E-state index contributed by atoms with van der Waals surface area (Å²) in [6.07, 6.45) is 9.63. The van der Waals surface area contributed by atoms with Gasteiger partial charge in [-0.05, 0) is 55.6 Å². The minimum atomic E-state index is 0.199. The lowest BCUT2D eigenvalue weighted by atomic mass is 9.76. The zero-order valence-corrected chi connectivity index (χ0v) is 15.4. The first-order valence-electron chi connectivity index (χ1n) is 8.37. The Morgan fingerprint density at radius 2 is 1.81 bits per heavy atom. The van der Waals surface area contributed by atoms with Crippen molar-refractivity contribution in [3.63, 3.8) is 0 Å². The van der Waals surface area contributed by atoms with Crippen LogP contribution in [-0.4, -0.2) is 31.0 Å². The van der Waals surface area contributed by atoms with Crippen LogP contribution >= 0.6 is 11.8 Å². The molecule has 21 heavy (non-hydrogen) atoms. The molecule has 0 rings (SSSR count). The fraction of sp³-hybridized carbons (Fsp3) is 0.941. The standard InChI is InChI=1S/C17H36N2OS/c1-17(2,3)15(11-12-18)9-10-16(20)19-13-7-5-6-8-14-21-4/h15H,5-14,18H2,1-4H3,(H,19,20). The van der Waals surface area contributed by atoms with E-state index in [2.05, 4.69) is 32.3 Å². The van der Waals surface area contributed by atoms with Gasteiger partial charge in [0.2, 0.25) is 5.91 Å². The highest BCUT2D eigenvalue weighted by atomic mass is 32.2. The number of nitrogens with two attached hydrogens (primary N) is 1. The second-order valence-electron chi connectivity index (χ2n) is 6.94. The first-order chi connectivity index (χ1) is 9.91. The molecule has 1 atom stereocenters. The minimum Gasteiger partial charge on any atom is -0.356 e. The summed E-state index contributed by atoms with van der Waals surface area (Å²) in [6, 6.07) is 0. The molecule has 0 bridgehead atoms. The smallest absolute Gasteiger partial charge is 0.220 e. The first-order valence-corrected chi connectivity index (χ1v) is 9.77. The highest BCUT2D eigenvalue weighted by molar-refractivity contribution is 7.98. The third-order valence-corrected chi connectivity index (χ3v) is 4.75. The summed E-state index contributed by atoms with van der Waals surface area (Å²) in [5.41, 5.74) is 5.91. The van der Waals surface area contributed by atoms with Crippen LogP contribution in [0, 0.1) is 11.3 Å². The maximum absolute atomic E-state index is 11.9. The number of carbonyl (C=O) groups excluding carboxylic acids is 1. The fourth-order valence-corrected chi connectivity index (χ4v) is 3.05. The predicted molar refractivity (Wildman–Crippen MR) is 95.7 cm³/mol. The number of hydrogen-bond acceptors (Lipinski definition) is 3. The lowest BCUT2D eigenvalue weighted by Crippen LogP contribution is -2.28. The largest absolute Gasteiger partial charge is 0.356 e. The van der Waals surface area contributed by atoms with Crippen molar-refractivity contribution in [2.24, 2.45) is 17.1 Å². The molecule has 126 valence electrons. The van der Waals surface area contributed by atoms with Crippen LogP contribution in [0.5, 0.6) is 0 Å². The Morgan fingerprint density at radius 3 is 2.38 bits per heavy atom. The van der Waals surface area contributed by atoms with Crippen molar-refractivity contribution in [2.75, 3.05) is 25.1 Å². The Hall–Kier alpha value is -0.220. The summed E-state index contributed by atoms with van der Waals surface area (Å²) >= 11 is 1.91. The highest BCUT2D eigenvalue weighted by Gasteiger charge is 2.24. The SMILES string of the molecule is CSCCCCCCNC(=O)CCC(CCN)C(C)(C)C. The topological polar surface area (TPSA) is 55.1 Å². The molecule has 3 nitrogen and oxygen atoms in total. The van der Waals surface area contributed by atoms with Crippen LogP contribution in [0.2, 0.25) is 0 Å². The van der Waals surface area contributed by atoms with Crippen LogP contribution in [-0.2, 0) is 4.79 Å². The van der Waals surface area contributed by atoms with Crippen LogP contribution in [0.3, 0.4) is 0 Å². The Kier molecular flexibility index (Phi) is 12.2. The minimum absolute atomic E-state index is 0.199. The molecule has 0 aliphatic carbocycles. The van der Waals surface area contributed by atoms with Crippen LogP contribution in [0.4, 0.5) is 0 Å². The predicted octanol–water partition coefficient (Wildman–Crippen LogP) is 3.82. The van der Waals surface area contributed by atoms with Gasteiger partial charge in [-0.15, -0.1) is 0 Å². The molecule has 1 unspecified atom stereocenters. The van der Waals surface area contributed by atoms with E-state index in [4.69, 9.17) is 5.73 Å². The molecule has 0 fully saturated rings. The van der Waals surface area contributed by atoms with Crippen molar-refractivity contribution >= 4 is 17.7 Å². The molecule has 3 N–H and O–H groups in total. The van der Waals surface area contributed by atoms with Crippen molar-refractivity contribution in [2.45, 2.75) is 65.7 Å². The van der Waals surface area contributed by atoms with E-state index >= 15 is 0 Å². The molecule has 0 aliphatic heterocycles. The maximum atomic E-state index is 11.9. The summed E-state index contributed by atoms with van der Waals surface area (Å²) in [7, 11) is 0. The lowest BCUT2D eigenvalue weighted by molar-refractivity contribution is -0.121. The Balaban J connectivity index is 3.69. The number of unbranched alkanes of at least 4 members (excludes halogenated alkanes) is 3. The van der Waals surface area contributed by atoms with E-state index in [0.29, 0.717) is 18.9 Å². The summed E-state index contributed by atoms with van der Waals surface area (Å²) in [6.45, 7) is 8.24. The van der Waals surface area contributed by atoms with Gasteiger partial charge in [0.05, 0.1) is 0 Å². The second-order valence-corrected chi connectivity index (χ2v) is 7.92. The molecule has 0 radical (unpaired) electrons. The van der Waals surface area contributed by atoms with Crippen molar-refractivity contribution in [1.82, 2.24) is 5.32 Å². The van der Waals surface area contributed by atoms with E-state index in [9.17, 15) is 4.79 Å². The Labute approximate surface area is 136 Å². The van der Waals surface area contributed by atoms with Crippen LogP contribution in [0.1, 0.15) is 65.7 Å². The number of hydrogen-bond donors (Lipinski definition) is 2. The van der Waals surface area contributed by atoms with Gasteiger partial charge in [-0.1, -0.05) is 33.6 Å². The Morgan fingerprint density at radius 1 is 1.14 bits per heavy atom. The van der Waals surface area contributed by atoms with Crippen LogP contribution in [0.15, 0.2) is 0 Å². The van der Waals surface area contributed by atoms with Gasteiger partial charge in [-0.25, -0.2) is 0 Å². The van der Waals surface area contributed by atoms with Gasteiger partial charge in [0, 0.05) is 13.0 Å². The average Bonchev–Trinajstić information content (AvgIpc) is 2.41. The molecule has 0 spiro atoms. The number of thioether (sulfide) groups is 1. The lowest BCUT2D eigenvalue weighted by Gasteiger charge is -2.30. The summed E-state index contributed by atoms with van der Waals surface area (Å²) < 4.78 is 0. The molecule has 0 aliphatic rings. The van der Waals surface area contributed by atoms with Gasteiger partial charge < -0.3 is 11.1 Å². The number of rotatable bonds is 12. The van der Waals surface area contributed by atoms with Gasteiger partial charge in [0.15, 0.2) is 0 Å². The molecule has 0 saturated heterocycles. The fourth-order valence-electron chi connectivity index (χ4n) is 2.56. The van der Waals surface area contributed by atoms with E-state index in [1.165, 1.54) is 25.0 Å². The Bertz CT molecular complexity index is 264. The third-order valence-electron chi connectivity index (χ3n) is 4.06. The van der Waals surface area contributed by atoms with Crippen molar-refractivity contribution in [3.8, 4) is 0 Å². The molecule has 0 saturated carbocycles. The molecule has 0 aromatic carbocycles. The molecular weight excluding hydrogens is 280 g/mol. The van der Waals surface area contributed by atoms with Crippen molar-refractivity contribution in [3.05, 3.63) is 0 Å². The second kappa shape index (κ2) is 12.3. The van der Waals surface area contributed by atoms with Crippen molar-refractivity contribution in [1.29, 1.82) is 0 Å². The summed E-state index contributed by atoms with van der Waals surface area (Å²) in [4.78, 5) is 11.9. The molecule has 0 heterocycles. The van der Waals surface area contributed by atoms with Crippen molar-refractivity contribution < 1.29 is 4.79 Å². The summed E-state index contributed by atoms with van der Waals surface area (Å²) in [5.74, 6) is 1.98. The van der Waals surface area contributed by atoms with Gasteiger partial charge in [0.25, 0.3) is 0 Å². The van der Waals surface area contributed by atoms with E-state index in [1.54, 1.807) is 0 Å². The molecular formula is C17H36N2OS. The van der Waals surface area contributed by atoms with E-state index < -0.39 is 0 Å². The van der Waals surface area contributed by atoms with E-state index in [-0.39, 0.29) is 11.3 Å². The zero-order chi connectivity index (χ0) is 16.1. The van der Waals surface area contributed by atoms with Crippen LogP contribution in [0.25, 0.3) is 0 Å². The molecule has 1 amide bonds. The number of amides is 1. The van der Waals surface area contributed by atoms with E-state index in [1.807, 2.05) is 11.8 Å². The van der Waals surface area contributed by atoms with E-state index in [0.717, 1.165) is 25.8 Å². The normalized spacial score (nSPS) is 13.2. The molecule has 0 aromatic heterocycles. The van der Waals surface area contributed by atoms with Gasteiger partial charge >= 0.3 is 0 Å². The quantitative estimate of drug-likeness (QED) is 0.538. The first kappa shape index (κ1) is 20.8. The van der Waals surface area contributed by atoms with Gasteiger partial charge in [0.1, 0.15) is 0 Å². The highest BCUT2D eigenvalue weighted by Crippen LogP contribution is 2.31. The van der Waals surface area contributed by atoms with Gasteiger partial charge in [-0.3, -0.25) is 4.79 Å².